The van der Waals surface area contributed by atoms with Gasteiger partial charge in [-0.3, -0.25) is 9.59 Å². The van der Waals surface area contributed by atoms with Gasteiger partial charge in [0.2, 0.25) is 0 Å². The Morgan fingerprint density at radius 3 is 2.23 bits per heavy atom. The summed E-state index contributed by atoms with van der Waals surface area (Å²) in [7, 11) is 0. The summed E-state index contributed by atoms with van der Waals surface area (Å²) in [5.41, 5.74) is 0.263. The Kier molecular flexibility index (Phi) is 3.42. The van der Waals surface area contributed by atoms with Crippen LogP contribution in [0, 0.1) is 5.82 Å². The van der Waals surface area contributed by atoms with Crippen LogP contribution < -0.4 is 4.90 Å². The summed E-state index contributed by atoms with van der Waals surface area (Å²) in [5, 5.41) is 10.2. The number of amides is 2. The van der Waals surface area contributed by atoms with Gasteiger partial charge in [-0.25, -0.2) is 9.29 Å². The molecule has 3 rings (SSSR count). The van der Waals surface area contributed by atoms with Gasteiger partial charge in [0.15, 0.2) is 5.76 Å². The Bertz CT molecular complexity index is 814. The second-order valence-electron chi connectivity index (χ2n) is 4.63. The predicted octanol–water partition coefficient (Wildman–Crippen LogP) is 3.32. The maximum absolute atomic E-state index is 13.0. The number of carbonyl (C=O) groups excluding carboxylic acids is 2. The van der Waals surface area contributed by atoms with Crippen molar-refractivity contribution in [2.45, 2.75) is 0 Å². The van der Waals surface area contributed by atoms with Crippen molar-refractivity contribution in [1.82, 2.24) is 0 Å². The molecule has 110 valence electrons. The molecule has 0 spiro atoms. The Labute approximate surface area is 130 Å². The van der Waals surface area contributed by atoms with Crippen molar-refractivity contribution in [1.29, 1.82) is 0 Å². The van der Waals surface area contributed by atoms with E-state index in [1.807, 2.05) is 0 Å². The number of aliphatic hydroxyl groups excluding tert-OH is 1. The highest BCUT2D eigenvalue weighted by Crippen LogP contribution is 2.35. The molecule has 0 aliphatic carbocycles. The van der Waals surface area contributed by atoms with Crippen LogP contribution in [0.1, 0.15) is 5.56 Å². The van der Waals surface area contributed by atoms with E-state index in [0.29, 0.717) is 0 Å². The maximum atomic E-state index is 13.0. The SMILES string of the molecule is O=C1C(O)=C(c2ccc(F)cc2)C(=O)N1c1ccccc1Cl. The molecule has 22 heavy (non-hydrogen) atoms. The lowest BCUT2D eigenvalue weighted by Gasteiger charge is -2.15. The number of halogens is 2. The van der Waals surface area contributed by atoms with Crippen LogP contribution in [-0.4, -0.2) is 16.9 Å². The second-order valence-corrected chi connectivity index (χ2v) is 5.03. The Balaban J connectivity index is 2.08. The summed E-state index contributed by atoms with van der Waals surface area (Å²) in [6.45, 7) is 0. The standard InChI is InChI=1S/C16H9ClFNO3/c17-11-3-1-2-4-12(11)19-15(21)13(14(20)16(19)22)9-5-7-10(18)8-6-9/h1-8,20H. The molecule has 0 saturated heterocycles. The Hall–Kier alpha value is -2.66. The van der Waals surface area contributed by atoms with Gasteiger partial charge >= 0.3 is 5.91 Å². The molecular formula is C16H9ClFNO3. The zero-order valence-corrected chi connectivity index (χ0v) is 11.8. The first kappa shape index (κ1) is 14.3. The molecule has 0 unspecified atom stereocenters. The van der Waals surface area contributed by atoms with Gasteiger partial charge in [0.05, 0.1) is 16.3 Å². The van der Waals surface area contributed by atoms with Crippen molar-refractivity contribution in [3.05, 3.63) is 70.7 Å². The van der Waals surface area contributed by atoms with E-state index in [0.717, 1.165) is 17.0 Å². The van der Waals surface area contributed by atoms with Gasteiger partial charge in [-0.05, 0) is 29.8 Å². The van der Waals surface area contributed by atoms with E-state index in [4.69, 9.17) is 11.6 Å². The Morgan fingerprint density at radius 2 is 1.59 bits per heavy atom. The number of para-hydroxylation sites is 1. The molecule has 0 saturated carbocycles. The second kappa shape index (κ2) is 5.27. The zero-order chi connectivity index (χ0) is 15.9. The van der Waals surface area contributed by atoms with Crippen LogP contribution in [0.4, 0.5) is 10.1 Å². The largest absolute Gasteiger partial charge is 0.502 e. The number of benzene rings is 2. The van der Waals surface area contributed by atoms with Crippen molar-refractivity contribution in [3.63, 3.8) is 0 Å². The van der Waals surface area contributed by atoms with Crippen LogP contribution in [-0.2, 0) is 9.59 Å². The van der Waals surface area contributed by atoms with Gasteiger partial charge in [0.25, 0.3) is 5.91 Å². The lowest BCUT2D eigenvalue weighted by atomic mass is 10.1. The quantitative estimate of drug-likeness (QED) is 0.864. The molecule has 1 heterocycles. The monoisotopic (exact) mass is 317 g/mol. The third-order valence-corrected chi connectivity index (χ3v) is 3.61. The van der Waals surface area contributed by atoms with Crippen molar-refractivity contribution in [2.24, 2.45) is 0 Å². The first-order valence-electron chi connectivity index (χ1n) is 6.33. The first-order valence-corrected chi connectivity index (χ1v) is 6.71. The van der Waals surface area contributed by atoms with E-state index < -0.39 is 23.4 Å². The van der Waals surface area contributed by atoms with Gasteiger partial charge in [0.1, 0.15) is 5.82 Å². The number of imide groups is 1. The van der Waals surface area contributed by atoms with E-state index in [2.05, 4.69) is 0 Å². The molecule has 0 atom stereocenters. The molecule has 4 nitrogen and oxygen atoms in total. The minimum absolute atomic E-state index is 0.176. The minimum Gasteiger partial charge on any atom is -0.502 e. The number of anilines is 1. The van der Waals surface area contributed by atoms with E-state index in [1.165, 1.54) is 24.3 Å². The number of nitrogens with zero attached hydrogens (tertiary/aromatic N) is 1. The molecule has 0 fully saturated rings. The fourth-order valence-corrected chi connectivity index (χ4v) is 2.47. The highest BCUT2D eigenvalue weighted by molar-refractivity contribution is 6.46. The third-order valence-electron chi connectivity index (χ3n) is 3.29. The molecule has 1 N–H and O–H groups in total. The highest BCUT2D eigenvalue weighted by Gasteiger charge is 2.40. The van der Waals surface area contributed by atoms with Crippen LogP contribution in [0.15, 0.2) is 54.3 Å². The zero-order valence-electron chi connectivity index (χ0n) is 11.1. The van der Waals surface area contributed by atoms with Crippen molar-refractivity contribution in [2.75, 3.05) is 4.90 Å². The predicted molar refractivity (Wildman–Crippen MR) is 79.9 cm³/mol. The fourth-order valence-electron chi connectivity index (χ4n) is 2.25. The van der Waals surface area contributed by atoms with Crippen LogP contribution in [0.3, 0.4) is 0 Å². The number of hydrogen-bond donors (Lipinski definition) is 1. The molecule has 2 aromatic carbocycles. The van der Waals surface area contributed by atoms with Gasteiger partial charge in [-0.15, -0.1) is 0 Å². The number of rotatable bonds is 2. The summed E-state index contributed by atoms with van der Waals surface area (Å²) in [5.74, 6) is -2.74. The van der Waals surface area contributed by atoms with Crippen LogP contribution in [0.5, 0.6) is 0 Å². The van der Waals surface area contributed by atoms with Crippen molar-refractivity contribution in [3.8, 4) is 0 Å². The molecule has 6 heteroatoms. The average molecular weight is 318 g/mol. The number of aliphatic hydroxyl groups is 1. The maximum Gasteiger partial charge on any atom is 0.301 e. The molecule has 0 aromatic heterocycles. The van der Waals surface area contributed by atoms with Crippen LogP contribution in [0.25, 0.3) is 5.57 Å². The molecular weight excluding hydrogens is 309 g/mol. The molecule has 0 bridgehead atoms. The van der Waals surface area contributed by atoms with E-state index >= 15 is 0 Å². The average Bonchev–Trinajstić information content (AvgIpc) is 2.72. The van der Waals surface area contributed by atoms with Crippen molar-refractivity contribution < 1.29 is 19.1 Å². The highest BCUT2D eigenvalue weighted by atomic mass is 35.5. The minimum atomic E-state index is -0.863. The lowest BCUT2D eigenvalue weighted by molar-refractivity contribution is -0.121. The summed E-state index contributed by atoms with van der Waals surface area (Å²) in [6.07, 6.45) is 0. The normalized spacial score (nSPS) is 14.9. The van der Waals surface area contributed by atoms with Gasteiger partial charge in [-0.2, -0.15) is 0 Å². The molecule has 1 aliphatic heterocycles. The van der Waals surface area contributed by atoms with E-state index in [-0.39, 0.29) is 21.8 Å². The Morgan fingerprint density at radius 1 is 0.955 bits per heavy atom. The van der Waals surface area contributed by atoms with Crippen molar-refractivity contribution >= 4 is 34.7 Å². The summed E-state index contributed by atoms with van der Waals surface area (Å²) in [4.78, 5) is 25.5. The topological polar surface area (TPSA) is 57.6 Å². The fraction of sp³-hybridized carbons (Fsp3) is 0. The lowest BCUT2D eigenvalue weighted by Crippen LogP contribution is -2.31. The van der Waals surface area contributed by atoms with Gasteiger partial charge < -0.3 is 5.11 Å². The number of hydrogen-bond acceptors (Lipinski definition) is 3. The molecule has 1 aliphatic rings. The van der Waals surface area contributed by atoms with E-state index in [1.54, 1.807) is 12.1 Å². The molecule has 2 amide bonds. The first-order chi connectivity index (χ1) is 10.5. The summed E-state index contributed by atoms with van der Waals surface area (Å²) >= 11 is 6.00. The smallest absolute Gasteiger partial charge is 0.301 e. The van der Waals surface area contributed by atoms with Gasteiger partial charge in [0, 0.05) is 0 Å². The van der Waals surface area contributed by atoms with Gasteiger partial charge in [-0.1, -0.05) is 35.9 Å². The van der Waals surface area contributed by atoms with Crippen LogP contribution in [0.2, 0.25) is 5.02 Å². The number of carbonyl (C=O) groups is 2. The van der Waals surface area contributed by atoms with Crippen LogP contribution >= 0.6 is 11.6 Å². The third kappa shape index (κ3) is 2.16. The summed E-state index contributed by atoms with van der Waals surface area (Å²) < 4.78 is 13.0. The molecule has 0 radical (unpaired) electrons. The van der Waals surface area contributed by atoms with E-state index in [9.17, 15) is 19.1 Å². The summed E-state index contributed by atoms with van der Waals surface area (Å²) in [6, 6.07) is 11.2. The molecule has 2 aromatic rings.